The highest BCUT2D eigenvalue weighted by molar-refractivity contribution is 7.18. The predicted molar refractivity (Wildman–Crippen MR) is 125 cm³/mol. The van der Waals surface area contributed by atoms with Crippen molar-refractivity contribution in [1.29, 1.82) is 0 Å². The lowest BCUT2D eigenvalue weighted by Crippen LogP contribution is -2.09. The highest BCUT2D eigenvalue weighted by Gasteiger charge is 2.10. The number of nitrogens with zero attached hydrogens (tertiary/aromatic N) is 4. The summed E-state index contributed by atoms with van der Waals surface area (Å²) in [7, 11) is 0. The first-order chi connectivity index (χ1) is 15.6. The van der Waals surface area contributed by atoms with Gasteiger partial charge in [-0.3, -0.25) is 0 Å². The molecule has 2 aromatic carbocycles. The summed E-state index contributed by atoms with van der Waals surface area (Å²) >= 11 is 1.63. The molecule has 32 heavy (non-hydrogen) atoms. The van der Waals surface area contributed by atoms with Crippen LogP contribution < -0.4 is 16.0 Å². The van der Waals surface area contributed by atoms with Gasteiger partial charge in [0.25, 0.3) is 0 Å². The molecule has 0 fully saturated rings. The maximum atomic E-state index is 9.51. The van der Waals surface area contributed by atoms with Crippen LogP contribution in [0.5, 0.6) is 5.75 Å². The van der Waals surface area contributed by atoms with Crippen molar-refractivity contribution in [2.45, 2.75) is 13.5 Å². The second kappa shape index (κ2) is 8.52. The monoisotopic (exact) mass is 445 g/mol. The molecule has 0 aliphatic heterocycles. The summed E-state index contributed by atoms with van der Waals surface area (Å²) in [4.78, 5) is 17.9. The Kier molecular flexibility index (Phi) is 5.26. The summed E-state index contributed by atoms with van der Waals surface area (Å²) in [6.07, 6.45) is 1.62. The summed E-state index contributed by atoms with van der Waals surface area (Å²) < 4.78 is 6.45. The Hall–Kier alpha value is -4.18. The Morgan fingerprint density at radius 3 is 2.34 bits per heavy atom. The Balaban J connectivity index is 1.43. The van der Waals surface area contributed by atoms with Crippen LogP contribution in [0, 0.1) is 6.92 Å². The van der Waals surface area contributed by atoms with Crippen LogP contribution in [0.1, 0.15) is 10.8 Å². The molecular formula is C22H19N7O2S. The molecule has 4 N–H and O–H groups in total. The molecule has 5 rings (SSSR count). The van der Waals surface area contributed by atoms with Crippen molar-refractivity contribution in [3.63, 3.8) is 0 Å². The number of phenolic OH excluding ortho intramolecular Hbond substituents is 1. The third-order valence-electron chi connectivity index (χ3n) is 4.51. The molecule has 0 aliphatic carbocycles. The number of hydrogen-bond acceptors (Lipinski definition) is 10. The fraction of sp³-hybridized carbons (Fsp3) is 0.0909. The van der Waals surface area contributed by atoms with Crippen molar-refractivity contribution in [3.05, 3.63) is 71.6 Å². The van der Waals surface area contributed by atoms with Gasteiger partial charge in [-0.15, -0.1) is 11.3 Å². The number of furan rings is 1. The fourth-order valence-corrected chi connectivity index (χ4v) is 3.93. The van der Waals surface area contributed by atoms with Crippen LogP contribution in [0.2, 0.25) is 0 Å². The molecule has 0 saturated heterocycles. The minimum Gasteiger partial charge on any atom is -0.508 e. The molecule has 0 aliphatic rings. The van der Waals surface area contributed by atoms with E-state index in [9.17, 15) is 5.11 Å². The molecule has 0 radical (unpaired) electrons. The van der Waals surface area contributed by atoms with Gasteiger partial charge in [-0.1, -0.05) is 0 Å². The Bertz CT molecular complexity index is 1350. The minimum absolute atomic E-state index is 0.183. The van der Waals surface area contributed by atoms with Gasteiger partial charge in [0.1, 0.15) is 11.5 Å². The van der Waals surface area contributed by atoms with E-state index in [1.807, 2.05) is 37.3 Å². The van der Waals surface area contributed by atoms with Gasteiger partial charge in [-0.05, 0) is 61.5 Å². The van der Waals surface area contributed by atoms with Gasteiger partial charge in [0.05, 0.1) is 28.0 Å². The van der Waals surface area contributed by atoms with Crippen molar-refractivity contribution in [2.75, 3.05) is 16.0 Å². The predicted octanol–water partition coefficient (Wildman–Crippen LogP) is 5.19. The molecular weight excluding hydrogens is 426 g/mol. The molecule has 0 spiro atoms. The zero-order valence-corrected chi connectivity index (χ0v) is 17.8. The quantitative estimate of drug-likeness (QED) is 0.251. The number of aryl methyl sites for hydroxylation is 1. The lowest BCUT2D eigenvalue weighted by molar-refractivity contribution is 0.475. The van der Waals surface area contributed by atoms with Crippen molar-refractivity contribution in [1.82, 2.24) is 19.9 Å². The van der Waals surface area contributed by atoms with E-state index < -0.39 is 0 Å². The number of aromatic nitrogens is 4. The van der Waals surface area contributed by atoms with Crippen molar-refractivity contribution < 1.29 is 9.52 Å². The minimum atomic E-state index is 0.183. The van der Waals surface area contributed by atoms with E-state index in [2.05, 4.69) is 35.9 Å². The molecule has 3 aromatic heterocycles. The molecule has 9 nitrogen and oxygen atoms in total. The zero-order chi connectivity index (χ0) is 21.9. The summed E-state index contributed by atoms with van der Waals surface area (Å²) in [6.45, 7) is 2.42. The zero-order valence-electron chi connectivity index (χ0n) is 17.0. The Morgan fingerprint density at radius 1 is 0.875 bits per heavy atom. The number of aromatic hydroxyl groups is 1. The molecule has 0 atom stereocenters. The van der Waals surface area contributed by atoms with Crippen LogP contribution in [0.25, 0.3) is 10.2 Å². The van der Waals surface area contributed by atoms with Crippen LogP contribution in [0.4, 0.5) is 29.2 Å². The fourth-order valence-electron chi connectivity index (χ4n) is 3.07. The van der Waals surface area contributed by atoms with Crippen LogP contribution in [-0.2, 0) is 6.54 Å². The van der Waals surface area contributed by atoms with E-state index in [1.165, 1.54) is 0 Å². The molecule has 5 aromatic rings. The number of anilines is 5. The number of phenols is 1. The summed E-state index contributed by atoms with van der Waals surface area (Å²) in [5.74, 6) is 2.06. The van der Waals surface area contributed by atoms with Gasteiger partial charge in [0.2, 0.25) is 17.8 Å². The number of benzene rings is 2. The van der Waals surface area contributed by atoms with Gasteiger partial charge in [-0.25, -0.2) is 4.98 Å². The molecule has 0 amide bonds. The van der Waals surface area contributed by atoms with Crippen molar-refractivity contribution >= 4 is 50.8 Å². The highest BCUT2D eigenvalue weighted by Crippen LogP contribution is 2.26. The summed E-state index contributed by atoms with van der Waals surface area (Å²) in [5, 5.41) is 20.1. The SMILES string of the molecule is Cc1nc2ccc(Nc3nc(NCc4ccco4)nc(Nc4ccc(O)cc4)n3)cc2s1. The smallest absolute Gasteiger partial charge is 0.233 e. The summed E-state index contributed by atoms with van der Waals surface area (Å²) in [5.41, 5.74) is 2.54. The topological polar surface area (TPSA) is 121 Å². The van der Waals surface area contributed by atoms with Crippen LogP contribution in [0.3, 0.4) is 0 Å². The maximum absolute atomic E-state index is 9.51. The average molecular weight is 446 g/mol. The van der Waals surface area contributed by atoms with Gasteiger partial charge >= 0.3 is 0 Å². The molecule has 0 unspecified atom stereocenters. The first-order valence-corrected chi connectivity index (χ1v) is 10.6. The van der Waals surface area contributed by atoms with Gasteiger partial charge in [0, 0.05) is 11.4 Å². The van der Waals surface area contributed by atoms with Crippen LogP contribution in [0.15, 0.2) is 65.3 Å². The number of nitrogens with one attached hydrogen (secondary N) is 3. The molecule has 3 heterocycles. The van der Waals surface area contributed by atoms with E-state index in [-0.39, 0.29) is 5.75 Å². The lowest BCUT2D eigenvalue weighted by Gasteiger charge is -2.11. The third kappa shape index (κ3) is 4.60. The van der Waals surface area contributed by atoms with E-state index in [0.29, 0.717) is 24.4 Å². The molecule has 0 saturated carbocycles. The first-order valence-electron chi connectivity index (χ1n) is 9.83. The molecule has 160 valence electrons. The Labute approximate surface area is 187 Å². The van der Waals surface area contributed by atoms with Gasteiger partial charge in [0.15, 0.2) is 0 Å². The second-order valence-electron chi connectivity index (χ2n) is 6.95. The number of hydrogen-bond donors (Lipinski definition) is 4. The number of rotatable bonds is 7. The lowest BCUT2D eigenvalue weighted by atomic mass is 10.3. The van der Waals surface area contributed by atoms with Gasteiger partial charge < -0.3 is 25.5 Å². The highest BCUT2D eigenvalue weighted by atomic mass is 32.1. The summed E-state index contributed by atoms with van der Waals surface area (Å²) in [6, 6.07) is 16.3. The van der Waals surface area contributed by atoms with Crippen molar-refractivity contribution in [2.24, 2.45) is 0 Å². The van der Waals surface area contributed by atoms with Crippen molar-refractivity contribution in [3.8, 4) is 5.75 Å². The molecule has 0 bridgehead atoms. The normalized spacial score (nSPS) is 10.9. The third-order valence-corrected chi connectivity index (χ3v) is 5.44. The van der Waals surface area contributed by atoms with E-state index in [0.717, 1.165) is 32.4 Å². The van der Waals surface area contributed by atoms with Crippen LogP contribution >= 0.6 is 11.3 Å². The standard InChI is InChI=1S/C22H19N7O2S/c1-13-24-18-9-6-15(11-19(18)32-13)26-22-28-20(23-12-17-3-2-10-31-17)27-21(29-22)25-14-4-7-16(30)8-5-14/h2-11,30H,12H2,1H3,(H3,23,25,26,27,28,29). The van der Waals surface area contributed by atoms with Gasteiger partial charge in [-0.2, -0.15) is 15.0 Å². The molecule has 10 heteroatoms. The van der Waals surface area contributed by atoms with Crippen LogP contribution in [-0.4, -0.2) is 25.0 Å². The number of fused-ring (bicyclic) bond motifs is 1. The van der Waals surface area contributed by atoms with E-state index >= 15 is 0 Å². The average Bonchev–Trinajstić information content (AvgIpc) is 3.42. The Morgan fingerprint density at radius 2 is 1.59 bits per heavy atom. The second-order valence-corrected chi connectivity index (χ2v) is 8.19. The largest absolute Gasteiger partial charge is 0.508 e. The first kappa shape index (κ1) is 19.8. The van der Waals surface area contributed by atoms with E-state index in [4.69, 9.17) is 4.42 Å². The van der Waals surface area contributed by atoms with E-state index in [1.54, 1.807) is 41.9 Å². The maximum Gasteiger partial charge on any atom is 0.233 e. The number of thiazole rings is 1.